The fraction of sp³-hybridized carbons (Fsp3) is 0.250. The Morgan fingerprint density at radius 1 is 1.44 bits per heavy atom. The lowest BCUT2D eigenvalue weighted by Crippen LogP contribution is -2.29. The molecule has 0 saturated heterocycles. The molecule has 0 bridgehead atoms. The number of pyridine rings is 1. The van der Waals surface area contributed by atoms with Crippen LogP contribution >= 0.6 is 11.3 Å². The van der Waals surface area contributed by atoms with E-state index in [0.717, 1.165) is 5.01 Å². The zero-order valence-corrected chi connectivity index (χ0v) is 11.0. The third kappa shape index (κ3) is 2.48. The van der Waals surface area contributed by atoms with Crippen LogP contribution in [0.5, 0.6) is 0 Å². The largest absolute Gasteiger partial charge is 0.384 e. The summed E-state index contributed by atoms with van der Waals surface area (Å²) >= 11 is 1.53. The quantitative estimate of drug-likeness (QED) is 0.917. The first kappa shape index (κ1) is 12.5. The first-order valence-electron chi connectivity index (χ1n) is 5.47. The summed E-state index contributed by atoms with van der Waals surface area (Å²) in [6.45, 7) is 1.95. The van der Waals surface area contributed by atoms with Crippen molar-refractivity contribution < 1.29 is 4.79 Å². The van der Waals surface area contributed by atoms with Crippen molar-refractivity contribution in [1.82, 2.24) is 14.9 Å². The van der Waals surface area contributed by atoms with E-state index in [2.05, 4.69) is 9.97 Å². The first-order chi connectivity index (χ1) is 8.59. The number of hydrogen-bond donors (Lipinski definition) is 1. The Labute approximate surface area is 109 Å². The lowest BCUT2D eigenvalue weighted by molar-refractivity contribution is 0.0742. The van der Waals surface area contributed by atoms with Gasteiger partial charge in [0.1, 0.15) is 10.8 Å². The van der Waals surface area contributed by atoms with Crippen molar-refractivity contribution in [2.45, 2.75) is 13.0 Å². The summed E-state index contributed by atoms with van der Waals surface area (Å²) in [6.07, 6.45) is 3.22. The van der Waals surface area contributed by atoms with Crippen LogP contribution in [0.2, 0.25) is 0 Å². The van der Waals surface area contributed by atoms with Gasteiger partial charge in [0.15, 0.2) is 0 Å². The molecular formula is C12H14N4OS. The Balaban J connectivity index is 2.16. The maximum atomic E-state index is 12.2. The molecule has 1 amide bonds. The summed E-state index contributed by atoms with van der Waals surface area (Å²) < 4.78 is 0. The summed E-state index contributed by atoms with van der Waals surface area (Å²) in [6, 6.07) is 3.24. The molecule has 2 N–H and O–H groups in total. The van der Waals surface area contributed by atoms with E-state index in [1.807, 2.05) is 12.3 Å². The van der Waals surface area contributed by atoms with Crippen LogP contribution in [0.4, 0.5) is 5.82 Å². The van der Waals surface area contributed by atoms with Crippen LogP contribution in [0.15, 0.2) is 29.9 Å². The molecule has 0 saturated carbocycles. The van der Waals surface area contributed by atoms with Crippen molar-refractivity contribution in [2.75, 3.05) is 12.8 Å². The molecule has 6 heteroatoms. The molecule has 1 atom stereocenters. The summed E-state index contributed by atoms with van der Waals surface area (Å²) in [5, 5.41) is 2.81. The van der Waals surface area contributed by atoms with Crippen molar-refractivity contribution in [3.05, 3.63) is 40.5 Å². The monoisotopic (exact) mass is 262 g/mol. The van der Waals surface area contributed by atoms with Gasteiger partial charge in [0.2, 0.25) is 0 Å². The number of thiazole rings is 1. The molecule has 0 radical (unpaired) electrons. The highest BCUT2D eigenvalue weighted by molar-refractivity contribution is 7.09. The van der Waals surface area contributed by atoms with Crippen LogP contribution in [-0.2, 0) is 0 Å². The van der Waals surface area contributed by atoms with Gasteiger partial charge in [0.25, 0.3) is 5.91 Å². The lowest BCUT2D eigenvalue weighted by Gasteiger charge is -2.23. The van der Waals surface area contributed by atoms with Crippen LogP contribution in [0.25, 0.3) is 0 Å². The van der Waals surface area contributed by atoms with E-state index < -0.39 is 0 Å². The van der Waals surface area contributed by atoms with Crippen molar-refractivity contribution in [3.8, 4) is 0 Å². The van der Waals surface area contributed by atoms with Gasteiger partial charge in [-0.2, -0.15) is 0 Å². The Bertz CT molecular complexity index is 524. The van der Waals surface area contributed by atoms with E-state index in [1.165, 1.54) is 17.5 Å². The van der Waals surface area contributed by atoms with Crippen molar-refractivity contribution in [1.29, 1.82) is 0 Å². The van der Waals surface area contributed by atoms with Gasteiger partial charge in [-0.15, -0.1) is 11.3 Å². The van der Waals surface area contributed by atoms with Crippen LogP contribution in [0.3, 0.4) is 0 Å². The highest BCUT2D eigenvalue weighted by Gasteiger charge is 2.20. The third-order valence-electron chi connectivity index (χ3n) is 2.74. The number of carbonyl (C=O) groups excluding carboxylic acids is 1. The number of aromatic nitrogens is 2. The molecule has 0 aromatic carbocycles. The minimum absolute atomic E-state index is 0.0601. The van der Waals surface area contributed by atoms with Gasteiger partial charge in [-0.3, -0.25) is 4.79 Å². The molecule has 0 fully saturated rings. The van der Waals surface area contributed by atoms with E-state index in [9.17, 15) is 4.79 Å². The Morgan fingerprint density at radius 2 is 2.22 bits per heavy atom. The van der Waals surface area contributed by atoms with Gasteiger partial charge in [-0.05, 0) is 19.1 Å². The number of carbonyl (C=O) groups is 1. The van der Waals surface area contributed by atoms with E-state index >= 15 is 0 Å². The van der Waals surface area contributed by atoms with Crippen LogP contribution in [-0.4, -0.2) is 27.8 Å². The molecule has 0 aliphatic heterocycles. The Morgan fingerprint density at radius 3 is 2.78 bits per heavy atom. The topological polar surface area (TPSA) is 72.1 Å². The first-order valence-corrected chi connectivity index (χ1v) is 6.35. The average Bonchev–Trinajstić information content (AvgIpc) is 2.91. The van der Waals surface area contributed by atoms with Gasteiger partial charge in [-0.25, -0.2) is 9.97 Å². The van der Waals surface area contributed by atoms with Gasteiger partial charge in [-0.1, -0.05) is 0 Å². The molecule has 18 heavy (non-hydrogen) atoms. The third-order valence-corrected chi connectivity index (χ3v) is 3.69. The van der Waals surface area contributed by atoms with Crippen molar-refractivity contribution in [2.24, 2.45) is 0 Å². The summed E-state index contributed by atoms with van der Waals surface area (Å²) in [4.78, 5) is 22.0. The number of nitrogens with two attached hydrogens (primary N) is 1. The van der Waals surface area contributed by atoms with Gasteiger partial charge in [0.05, 0.1) is 11.6 Å². The lowest BCUT2D eigenvalue weighted by atomic mass is 10.2. The number of anilines is 1. The number of rotatable bonds is 3. The van der Waals surface area contributed by atoms with E-state index in [-0.39, 0.29) is 11.9 Å². The zero-order valence-electron chi connectivity index (χ0n) is 10.2. The summed E-state index contributed by atoms with van der Waals surface area (Å²) in [7, 11) is 1.75. The van der Waals surface area contributed by atoms with Crippen molar-refractivity contribution in [3.63, 3.8) is 0 Å². The SMILES string of the molecule is C[C@H](c1nccs1)N(C)C(=O)c1ccc(N)nc1. The maximum absolute atomic E-state index is 12.2. The van der Waals surface area contributed by atoms with E-state index in [0.29, 0.717) is 11.4 Å². The number of nitrogen functional groups attached to an aromatic ring is 1. The highest BCUT2D eigenvalue weighted by atomic mass is 32.1. The molecule has 0 unspecified atom stereocenters. The second-order valence-corrected chi connectivity index (χ2v) is 4.86. The van der Waals surface area contributed by atoms with E-state index in [1.54, 1.807) is 30.3 Å². The fourth-order valence-electron chi connectivity index (χ4n) is 1.52. The molecule has 2 aromatic rings. The molecule has 0 spiro atoms. The number of amides is 1. The normalized spacial score (nSPS) is 12.1. The minimum atomic E-state index is -0.0924. The smallest absolute Gasteiger partial charge is 0.255 e. The summed E-state index contributed by atoms with van der Waals surface area (Å²) in [5.74, 6) is 0.312. The van der Waals surface area contributed by atoms with Gasteiger partial charge < -0.3 is 10.6 Å². The maximum Gasteiger partial charge on any atom is 0.255 e. The minimum Gasteiger partial charge on any atom is -0.384 e. The van der Waals surface area contributed by atoms with Crippen molar-refractivity contribution >= 4 is 23.1 Å². The number of nitrogens with zero attached hydrogens (tertiary/aromatic N) is 3. The zero-order chi connectivity index (χ0) is 13.1. The Hall–Kier alpha value is -1.95. The standard InChI is InChI=1S/C12H14N4OS/c1-8(11-14-5-6-18-11)16(2)12(17)9-3-4-10(13)15-7-9/h3-8H,1-2H3,(H2,13,15)/t8-/m1/s1. The van der Waals surface area contributed by atoms with Crippen LogP contribution < -0.4 is 5.73 Å². The second kappa shape index (κ2) is 5.14. The average molecular weight is 262 g/mol. The molecule has 0 aliphatic rings. The summed E-state index contributed by atoms with van der Waals surface area (Å²) in [5.41, 5.74) is 6.02. The van der Waals surface area contributed by atoms with Crippen LogP contribution in [0.1, 0.15) is 28.3 Å². The molecule has 2 rings (SSSR count). The van der Waals surface area contributed by atoms with Gasteiger partial charge >= 0.3 is 0 Å². The second-order valence-electron chi connectivity index (χ2n) is 3.93. The molecule has 94 valence electrons. The highest BCUT2D eigenvalue weighted by Crippen LogP contribution is 2.22. The molecule has 0 aliphatic carbocycles. The molecule has 2 aromatic heterocycles. The molecule has 5 nitrogen and oxygen atoms in total. The predicted octanol–water partition coefficient (Wildman–Crippen LogP) is 1.95. The van der Waals surface area contributed by atoms with Gasteiger partial charge in [0, 0.05) is 24.8 Å². The fourth-order valence-corrected chi connectivity index (χ4v) is 2.26. The van der Waals surface area contributed by atoms with Crippen LogP contribution in [0, 0.1) is 0 Å². The Kier molecular flexibility index (Phi) is 3.57. The van der Waals surface area contributed by atoms with E-state index in [4.69, 9.17) is 5.73 Å². The molecular weight excluding hydrogens is 248 g/mol. The number of hydrogen-bond acceptors (Lipinski definition) is 5. The molecule has 2 heterocycles. The predicted molar refractivity (Wildman–Crippen MR) is 71.3 cm³/mol.